The van der Waals surface area contributed by atoms with Crippen LogP contribution < -0.4 is 4.90 Å². The van der Waals surface area contributed by atoms with Crippen molar-refractivity contribution in [2.75, 3.05) is 18.0 Å². The number of sulfonamides is 1. The summed E-state index contributed by atoms with van der Waals surface area (Å²) in [4.78, 5) is 20.0. The van der Waals surface area contributed by atoms with Crippen LogP contribution in [0, 0.1) is 6.92 Å². The van der Waals surface area contributed by atoms with Crippen molar-refractivity contribution in [1.82, 2.24) is 9.29 Å². The molecular formula is C24H23N3O4S2. The second kappa shape index (κ2) is 8.74. The Hall–Kier alpha value is -3.01. The van der Waals surface area contributed by atoms with Crippen molar-refractivity contribution in [2.45, 2.75) is 31.2 Å². The molecule has 0 atom stereocenters. The Balaban J connectivity index is 1.47. The minimum Gasteiger partial charge on any atom is -0.467 e. The smallest absolute Gasteiger partial charge is 0.260 e. The van der Waals surface area contributed by atoms with Crippen LogP contribution in [0.1, 0.15) is 34.5 Å². The highest BCUT2D eigenvalue weighted by atomic mass is 32.2. The standard InChI is InChI=1S/C24H23N3O4S2/c1-17-6-11-21-22(15-17)32-24(25-21)27(16-19-5-4-14-31-19)23(28)18-7-9-20(10-8-18)33(29,30)26-12-2-3-13-26/h4-11,14-15H,2-3,12-13,16H2,1H3. The molecule has 0 bridgehead atoms. The maximum absolute atomic E-state index is 13.5. The minimum atomic E-state index is -3.53. The van der Waals surface area contributed by atoms with Crippen LogP contribution in [0.4, 0.5) is 5.13 Å². The number of rotatable bonds is 6. The molecular weight excluding hydrogens is 458 g/mol. The third-order valence-electron chi connectivity index (χ3n) is 5.71. The number of carbonyl (C=O) groups excluding carboxylic acids is 1. The average molecular weight is 482 g/mol. The van der Waals surface area contributed by atoms with Crippen LogP contribution in [-0.2, 0) is 16.6 Å². The summed E-state index contributed by atoms with van der Waals surface area (Å²) >= 11 is 1.44. The number of fused-ring (bicyclic) bond motifs is 1. The monoisotopic (exact) mass is 481 g/mol. The molecule has 1 aliphatic rings. The van der Waals surface area contributed by atoms with E-state index in [4.69, 9.17) is 4.42 Å². The first kappa shape index (κ1) is 21.8. The van der Waals surface area contributed by atoms with Gasteiger partial charge < -0.3 is 4.42 Å². The fourth-order valence-corrected chi connectivity index (χ4v) is 6.50. The van der Waals surface area contributed by atoms with E-state index in [1.165, 1.54) is 27.8 Å². The van der Waals surface area contributed by atoms with Crippen LogP contribution in [0.15, 0.2) is 70.2 Å². The molecule has 0 spiro atoms. The Morgan fingerprint density at radius 2 is 1.88 bits per heavy atom. The van der Waals surface area contributed by atoms with E-state index >= 15 is 0 Å². The third-order valence-corrected chi connectivity index (χ3v) is 8.66. The molecule has 0 N–H and O–H groups in total. The van der Waals surface area contributed by atoms with E-state index in [1.54, 1.807) is 29.4 Å². The molecule has 0 radical (unpaired) electrons. The normalized spacial score (nSPS) is 14.7. The Bertz CT molecular complexity index is 1390. The van der Waals surface area contributed by atoms with Crippen molar-refractivity contribution in [3.63, 3.8) is 0 Å². The number of carbonyl (C=O) groups is 1. The quantitative estimate of drug-likeness (QED) is 0.394. The number of thiazole rings is 1. The molecule has 0 unspecified atom stereocenters. The fourth-order valence-electron chi connectivity index (χ4n) is 3.92. The summed E-state index contributed by atoms with van der Waals surface area (Å²) < 4.78 is 33.6. The molecule has 1 fully saturated rings. The minimum absolute atomic E-state index is 0.203. The number of amides is 1. The Labute approximate surface area is 196 Å². The number of hydrogen-bond donors (Lipinski definition) is 0. The first-order valence-electron chi connectivity index (χ1n) is 10.7. The topological polar surface area (TPSA) is 83.7 Å². The highest BCUT2D eigenvalue weighted by Gasteiger charge is 2.28. The zero-order valence-corrected chi connectivity index (χ0v) is 19.7. The molecule has 0 saturated carbocycles. The largest absolute Gasteiger partial charge is 0.467 e. The number of aryl methyl sites for hydroxylation is 1. The van der Waals surface area contributed by atoms with Gasteiger partial charge in [-0.15, -0.1) is 0 Å². The number of aromatic nitrogens is 1. The van der Waals surface area contributed by atoms with E-state index in [0.717, 1.165) is 28.6 Å². The van der Waals surface area contributed by atoms with Gasteiger partial charge in [0.15, 0.2) is 5.13 Å². The van der Waals surface area contributed by atoms with Crippen molar-refractivity contribution in [3.8, 4) is 0 Å². The van der Waals surface area contributed by atoms with Gasteiger partial charge in [0, 0.05) is 18.7 Å². The molecule has 2 aromatic carbocycles. The van der Waals surface area contributed by atoms with Crippen LogP contribution in [0.25, 0.3) is 10.2 Å². The molecule has 2 aromatic heterocycles. The predicted molar refractivity (Wildman–Crippen MR) is 128 cm³/mol. The van der Waals surface area contributed by atoms with Crippen LogP contribution >= 0.6 is 11.3 Å². The molecule has 7 nitrogen and oxygen atoms in total. The summed E-state index contributed by atoms with van der Waals surface area (Å²) in [5.74, 6) is 0.360. The lowest BCUT2D eigenvalue weighted by atomic mass is 10.2. The van der Waals surface area contributed by atoms with Crippen LogP contribution in [0.5, 0.6) is 0 Å². The molecule has 1 amide bonds. The van der Waals surface area contributed by atoms with Crippen LogP contribution in [-0.4, -0.2) is 36.7 Å². The van der Waals surface area contributed by atoms with Gasteiger partial charge in [-0.2, -0.15) is 4.31 Å². The van der Waals surface area contributed by atoms with Crippen molar-refractivity contribution in [1.29, 1.82) is 0 Å². The van der Waals surface area contributed by atoms with E-state index in [1.807, 2.05) is 31.2 Å². The second-order valence-electron chi connectivity index (χ2n) is 8.07. The van der Waals surface area contributed by atoms with E-state index in [-0.39, 0.29) is 17.3 Å². The summed E-state index contributed by atoms with van der Waals surface area (Å²) in [5.41, 5.74) is 2.33. The van der Waals surface area contributed by atoms with Crippen LogP contribution in [0.2, 0.25) is 0 Å². The van der Waals surface area contributed by atoms with Crippen LogP contribution in [0.3, 0.4) is 0 Å². The molecule has 1 saturated heterocycles. The summed E-state index contributed by atoms with van der Waals surface area (Å²) in [6.45, 7) is 3.31. The molecule has 4 aromatic rings. The number of hydrogen-bond acceptors (Lipinski definition) is 6. The van der Waals surface area contributed by atoms with Gasteiger partial charge in [0.1, 0.15) is 5.76 Å². The molecule has 33 heavy (non-hydrogen) atoms. The van der Waals surface area contributed by atoms with Gasteiger partial charge in [0.05, 0.1) is 27.9 Å². The first-order chi connectivity index (χ1) is 15.9. The second-order valence-corrected chi connectivity index (χ2v) is 11.0. The Morgan fingerprint density at radius 3 is 2.58 bits per heavy atom. The lowest BCUT2D eigenvalue weighted by Gasteiger charge is -2.19. The number of anilines is 1. The summed E-state index contributed by atoms with van der Waals surface area (Å²) in [5, 5.41) is 0.561. The zero-order chi connectivity index (χ0) is 23.0. The van der Waals surface area contributed by atoms with E-state index < -0.39 is 10.0 Å². The number of benzene rings is 2. The molecule has 170 valence electrons. The number of nitrogens with zero attached hydrogens (tertiary/aromatic N) is 3. The Kier molecular flexibility index (Phi) is 5.77. The molecule has 1 aliphatic heterocycles. The lowest BCUT2D eigenvalue weighted by Crippen LogP contribution is -2.30. The first-order valence-corrected chi connectivity index (χ1v) is 13.0. The predicted octanol–water partition coefficient (Wildman–Crippen LogP) is 4.83. The maximum Gasteiger partial charge on any atom is 0.260 e. The highest BCUT2D eigenvalue weighted by molar-refractivity contribution is 7.89. The van der Waals surface area contributed by atoms with Gasteiger partial charge in [0.2, 0.25) is 10.0 Å². The van der Waals surface area contributed by atoms with Gasteiger partial charge in [-0.1, -0.05) is 17.4 Å². The lowest BCUT2D eigenvalue weighted by molar-refractivity contribution is 0.0983. The summed E-state index contributed by atoms with van der Waals surface area (Å²) in [7, 11) is -3.53. The third kappa shape index (κ3) is 4.31. The molecule has 0 aliphatic carbocycles. The van der Waals surface area contributed by atoms with E-state index in [9.17, 15) is 13.2 Å². The van der Waals surface area contributed by atoms with Crippen molar-refractivity contribution >= 4 is 42.6 Å². The molecule has 3 heterocycles. The van der Waals surface area contributed by atoms with Gasteiger partial charge >= 0.3 is 0 Å². The summed E-state index contributed by atoms with van der Waals surface area (Å²) in [6.07, 6.45) is 3.32. The maximum atomic E-state index is 13.5. The zero-order valence-electron chi connectivity index (χ0n) is 18.1. The molecule has 5 rings (SSSR count). The van der Waals surface area contributed by atoms with Crippen molar-refractivity contribution in [2.24, 2.45) is 0 Å². The summed E-state index contributed by atoms with van der Waals surface area (Å²) in [6, 6.07) is 15.7. The van der Waals surface area contributed by atoms with Gasteiger partial charge in [0.25, 0.3) is 5.91 Å². The van der Waals surface area contributed by atoms with E-state index in [2.05, 4.69) is 4.98 Å². The SMILES string of the molecule is Cc1ccc2nc(N(Cc3ccco3)C(=O)c3ccc(S(=O)(=O)N4CCCC4)cc3)sc2c1. The number of furan rings is 1. The Morgan fingerprint density at radius 1 is 1.12 bits per heavy atom. The highest BCUT2D eigenvalue weighted by Crippen LogP contribution is 2.32. The van der Waals surface area contributed by atoms with Gasteiger partial charge in [-0.25, -0.2) is 13.4 Å². The van der Waals surface area contributed by atoms with Gasteiger partial charge in [-0.3, -0.25) is 9.69 Å². The van der Waals surface area contributed by atoms with Crippen molar-refractivity contribution < 1.29 is 17.6 Å². The molecule has 9 heteroatoms. The van der Waals surface area contributed by atoms with E-state index in [0.29, 0.717) is 29.5 Å². The fraction of sp³-hybridized carbons (Fsp3) is 0.250. The average Bonchev–Trinajstić information content (AvgIpc) is 3.58. The van der Waals surface area contributed by atoms with Crippen molar-refractivity contribution in [3.05, 3.63) is 77.7 Å². The van der Waals surface area contributed by atoms with Gasteiger partial charge in [-0.05, 0) is 73.9 Å².